The molecule has 0 atom stereocenters. The van der Waals surface area contributed by atoms with Crippen molar-refractivity contribution >= 4 is 24.8 Å². The van der Waals surface area contributed by atoms with Crippen molar-refractivity contribution in [3.8, 4) is 5.75 Å². The maximum Gasteiger partial charge on any atom is 0.213 e. The summed E-state index contributed by atoms with van der Waals surface area (Å²) in [5.41, 5.74) is 5.59. The minimum atomic E-state index is -0.488. The van der Waals surface area contributed by atoms with Gasteiger partial charge in [-0.05, 0) is 25.0 Å². The number of rotatable bonds is 2. The largest absolute Gasteiger partial charge is 0.489 e. The Bertz CT molecular complexity index is 291. The zero-order valence-electron chi connectivity index (χ0n) is 7.93. The molecule has 3 nitrogen and oxygen atoms in total. The van der Waals surface area contributed by atoms with Crippen molar-refractivity contribution in [2.24, 2.45) is 5.73 Å². The lowest BCUT2D eigenvalue weighted by molar-refractivity contribution is 0.100. The number of hydrogen-bond acceptors (Lipinski definition) is 3. The molecule has 15 heavy (non-hydrogen) atoms. The fourth-order valence-corrected chi connectivity index (χ4v) is 1.33. The summed E-state index contributed by atoms with van der Waals surface area (Å²) in [5, 5.41) is 0. The van der Waals surface area contributed by atoms with Crippen LogP contribution >= 0.6 is 24.8 Å². The number of ether oxygens (including phenoxy) is 1. The highest BCUT2D eigenvalue weighted by Gasteiger charge is 2.27. The summed E-state index contributed by atoms with van der Waals surface area (Å²) in [6.07, 6.45) is 3.32. The molecule has 0 aromatic carbocycles. The van der Waals surface area contributed by atoms with Crippen LogP contribution in [0.4, 0.5) is 4.39 Å². The molecule has 0 saturated heterocycles. The van der Waals surface area contributed by atoms with E-state index in [2.05, 4.69) is 4.98 Å². The normalized spacial score (nSPS) is 23.1. The van der Waals surface area contributed by atoms with E-state index in [-0.39, 0.29) is 37.0 Å². The minimum Gasteiger partial charge on any atom is -0.489 e. The Morgan fingerprint density at radius 1 is 1.33 bits per heavy atom. The number of pyridine rings is 1. The molecule has 0 radical (unpaired) electrons. The lowest BCUT2D eigenvalue weighted by Crippen LogP contribution is -2.43. The van der Waals surface area contributed by atoms with Crippen molar-refractivity contribution in [2.75, 3.05) is 0 Å². The summed E-state index contributed by atoms with van der Waals surface area (Å²) in [6.45, 7) is 0. The topological polar surface area (TPSA) is 48.1 Å². The van der Waals surface area contributed by atoms with Crippen LogP contribution in [0.1, 0.15) is 12.8 Å². The first-order valence-electron chi connectivity index (χ1n) is 4.28. The van der Waals surface area contributed by atoms with Gasteiger partial charge in [-0.1, -0.05) is 0 Å². The highest BCUT2D eigenvalue weighted by atomic mass is 35.5. The van der Waals surface area contributed by atoms with Crippen LogP contribution in [0.15, 0.2) is 18.3 Å². The Morgan fingerprint density at radius 2 is 2.00 bits per heavy atom. The van der Waals surface area contributed by atoms with E-state index >= 15 is 0 Å². The van der Waals surface area contributed by atoms with Crippen LogP contribution in [0.5, 0.6) is 5.75 Å². The monoisotopic (exact) mass is 254 g/mol. The summed E-state index contributed by atoms with van der Waals surface area (Å²) < 4.78 is 17.9. The van der Waals surface area contributed by atoms with Gasteiger partial charge in [0.25, 0.3) is 0 Å². The number of halogens is 3. The Morgan fingerprint density at radius 3 is 2.47 bits per heavy atom. The minimum absolute atomic E-state index is 0. The molecule has 0 amide bonds. The van der Waals surface area contributed by atoms with Crippen molar-refractivity contribution in [3.63, 3.8) is 0 Å². The van der Waals surface area contributed by atoms with Gasteiger partial charge in [-0.3, -0.25) is 0 Å². The third-order valence-corrected chi connectivity index (χ3v) is 2.13. The van der Waals surface area contributed by atoms with Crippen molar-refractivity contribution in [1.29, 1.82) is 0 Å². The average molecular weight is 255 g/mol. The third-order valence-electron chi connectivity index (χ3n) is 2.13. The Balaban J connectivity index is 0.000000980. The maximum absolute atomic E-state index is 12.4. The lowest BCUT2D eigenvalue weighted by Gasteiger charge is -2.32. The molecule has 1 aliphatic rings. The zero-order valence-corrected chi connectivity index (χ0v) is 9.56. The average Bonchev–Trinajstić information content (AvgIpc) is 2.06. The van der Waals surface area contributed by atoms with Crippen molar-refractivity contribution in [3.05, 3.63) is 24.3 Å². The van der Waals surface area contributed by atoms with Gasteiger partial charge in [-0.25, -0.2) is 4.98 Å². The zero-order chi connectivity index (χ0) is 9.26. The molecule has 1 aliphatic carbocycles. The molecule has 0 spiro atoms. The molecule has 6 heteroatoms. The molecule has 0 bridgehead atoms. The maximum atomic E-state index is 12.4. The Kier molecular flexibility index (Phi) is 5.87. The van der Waals surface area contributed by atoms with E-state index in [4.69, 9.17) is 10.5 Å². The van der Waals surface area contributed by atoms with Crippen LogP contribution in [0.2, 0.25) is 0 Å². The molecule has 86 valence electrons. The quantitative estimate of drug-likeness (QED) is 0.821. The summed E-state index contributed by atoms with van der Waals surface area (Å²) in [4.78, 5) is 3.49. The smallest absolute Gasteiger partial charge is 0.213 e. The third kappa shape index (κ3) is 3.81. The number of nitrogens with zero attached hydrogens (tertiary/aromatic N) is 1. The molecular formula is C9H13Cl2FN2O. The van der Waals surface area contributed by atoms with Crippen LogP contribution in [-0.2, 0) is 0 Å². The van der Waals surface area contributed by atoms with Crippen molar-refractivity contribution in [1.82, 2.24) is 4.98 Å². The standard InChI is InChI=1S/C9H11FN2O.2ClH/c10-9-2-1-7(5-12-9)13-8-3-6(11)4-8;;/h1-2,5-6,8H,3-4,11H2;2*1H/t6-,8-;;. The first-order valence-corrected chi connectivity index (χ1v) is 4.28. The van der Waals surface area contributed by atoms with Crippen molar-refractivity contribution < 1.29 is 9.13 Å². The second kappa shape index (κ2) is 6.10. The molecule has 2 N–H and O–H groups in total. The molecular weight excluding hydrogens is 242 g/mol. The fraction of sp³-hybridized carbons (Fsp3) is 0.444. The molecule has 1 saturated carbocycles. The Hall–Kier alpha value is -0.580. The van der Waals surface area contributed by atoms with E-state index in [1.807, 2.05) is 0 Å². The van der Waals surface area contributed by atoms with Crippen molar-refractivity contribution in [2.45, 2.75) is 25.0 Å². The Labute approximate surface area is 100 Å². The van der Waals surface area contributed by atoms with E-state index in [1.165, 1.54) is 12.3 Å². The van der Waals surface area contributed by atoms with Crippen LogP contribution in [0, 0.1) is 5.95 Å². The fourth-order valence-electron chi connectivity index (χ4n) is 1.33. The van der Waals surface area contributed by atoms with E-state index in [1.54, 1.807) is 6.07 Å². The van der Waals surface area contributed by atoms with Gasteiger partial charge in [0.05, 0.1) is 6.20 Å². The lowest BCUT2D eigenvalue weighted by atomic mass is 9.90. The second-order valence-corrected chi connectivity index (χ2v) is 3.29. The van der Waals surface area contributed by atoms with E-state index in [9.17, 15) is 4.39 Å². The highest BCUT2D eigenvalue weighted by Crippen LogP contribution is 2.23. The molecule has 1 aromatic heterocycles. The summed E-state index contributed by atoms with van der Waals surface area (Å²) >= 11 is 0. The van der Waals surface area contributed by atoms with Gasteiger partial charge in [-0.15, -0.1) is 24.8 Å². The van der Waals surface area contributed by atoms with Crippen LogP contribution in [0.25, 0.3) is 0 Å². The molecule has 0 aliphatic heterocycles. The molecule has 1 fully saturated rings. The van der Waals surface area contributed by atoms with Gasteiger partial charge in [0.1, 0.15) is 11.9 Å². The number of hydrogen-bond donors (Lipinski definition) is 1. The number of aromatic nitrogens is 1. The van der Waals surface area contributed by atoms with Gasteiger partial charge in [0.15, 0.2) is 0 Å². The van der Waals surface area contributed by atoms with E-state index in [0.29, 0.717) is 5.75 Å². The van der Waals surface area contributed by atoms with Crippen LogP contribution < -0.4 is 10.5 Å². The summed E-state index contributed by atoms with van der Waals surface area (Å²) in [6, 6.07) is 3.12. The van der Waals surface area contributed by atoms with Gasteiger partial charge < -0.3 is 10.5 Å². The highest BCUT2D eigenvalue weighted by molar-refractivity contribution is 5.85. The van der Waals surface area contributed by atoms with E-state index < -0.39 is 5.95 Å². The first-order chi connectivity index (χ1) is 6.24. The molecule has 1 aromatic rings. The molecule has 1 heterocycles. The summed E-state index contributed by atoms with van der Waals surface area (Å²) in [7, 11) is 0. The van der Waals surface area contributed by atoms with Crippen LogP contribution in [-0.4, -0.2) is 17.1 Å². The second-order valence-electron chi connectivity index (χ2n) is 3.29. The first kappa shape index (κ1) is 14.4. The molecule has 2 rings (SSSR count). The van der Waals surface area contributed by atoms with Gasteiger partial charge >= 0.3 is 0 Å². The van der Waals surface area contributed by atoms with Crippen LogP contribution in [0.3, 0.4) is 0 Å². The van der Waals surface area contributed by atoms with E-state index in [0.717, 1.165) is 12.8 Å². The van der Waals surface area contributed by atoms with Gasteiger partial charge in [-0.2, -0.15) is 4.39 Å². The summed E-state index contributed by atoms with van der Waals surface area (Å²) in [5.74, 6) is 0.121. The predicted molar refractivity (Wildman–Crippen MR) is 60.3 cm³/mol. The number of nitrogens with two attached hydrogens (primary N) is 1. The SMILES string of the molecule is Cl.Cl.N[C@H]1C[C@H](Oc2ccc(F)nc2)C1. The predicted octanol–water partition coefficient (Wildman–Crippen LogP) is 1.93. The molecule has 0 unspecified atom stereocenters. The van der Waals surface area contributed by atoms with Gasteiger partial charge in [0.2, 0.25) is 5.95 Å². The van der Waals surface area contributed by atoms with Gasteiger partial charge in [0, 0.05) is 6.04 Å².